The van der Waals surface area contributed by atoms with Crippen molar-refractivity contribution in [2.45, 2.75) is 26.3 Å². The number of carbonyl (C=O) groups excluding carboxylic acids is 2. The summed E-state index contributed by atoms with van der Waals surface area (Å²) in [5, 5.41) is 11.0. The molecule has 0 fully saturated rings. The summed E-state index contributed by atoms with van der Waals surface area (Å²) >= 11 is 6.30. The minimum Gasteiger partial charge on any atom is -0.503 e. The highest BCUT2D eigenvalue weighted by Gasteiger charge is 2.44. The maximum absolute atomic E-state index is 13.1. The molecule has 1 unspecified atom stereocenters. The van der Waals surface area contributed by atoms with Gasteiger partial charge < -0.3 is 14.7 Å². The van der Waals surface area contributed by atoms with Gasteiger partial charge in [0.05, 0.1) is 23.7 Å². The molecule has 1 heterocycles. The molecule has 0 aliphatic carbocycles. The van der Waals surface area contributed by atoms with Crippen molar-refractivity contribution in [1.29, 1.82) is 0 Å². The summed E-state index contributed by atoms with van der Waals surface area (Å²) in [7, 11) is 5.37. The smallest absolute Gasteiger partial charge is 0.294 e. The fraction of sp³-hybridized carbons (Fsp3) is 0.333. The summed E-state index contributed by atoms with van der Waals surface area (Å²) in [6.45, 7) is 3.85. The highest BCUT2D eigenvalue weighted by molar-refractivity contribution is 6.32. The highest BCUT2D eigenvalue weighted by atomic mass is 35.5. The first-order valence-corrected chi connectivity index (χ1v) is 10.4. The average molecular weight is 443 g/mol. The van der Waals surface area contributed by atoms with Crippen LogP contribution >= 0.6 is 11.6 Å². The van der Waals surface area contributed by atoms with Crippen LogP contribution < -0.4 is 14.5 Å². The Kier molecular flexibility index (Phi) is 6.60. The van der Waals surface area contributed by atoms with Gasteiger partial charge in [0.25, 0.3) is 5.91 Å². The Labute approximate surface area is 187 Å². The number of anilines is 2. The molecule has 2 aromatic carbocycles. The average Bonchev–Trinajstić information content (AvgIpc) is 2.98. The van der Waals surface area contributed by atoms with Crippen molar-refractivity contribution in [3.8, 4) is 5.75 Å². The van der Waals surface area contributed by atoms with Gasteiger partial charge >= 0.3 is 0 Å². The van der Waals surface area contributed by atoms with E-state index in [9.17, 15) is 14.7 Å². The first kappa shape index (κ1) is 22.7. The zero-order chi connectivity index (χ0) is 22.9. The molecule has 1 aliphatic heterocycles. The predicted molar refractivity (Wildman–Crippen MR) is 123 cm³/mol. The summed E-state index contributed by atoms with van der Waals surface area (Å²) in [5.74, 6) is -0.833. The second-order valence-corrected chi connectivity index (χ2v) is 8.57. The van der Waals surface area contributed by atoms with Crippen LogP contribution in [0.25, 0.3) is 0 Å². The van der Waals surface area contributed by atoms with E-state index >= 15 is 0 Å². The summed E-state index contributed by atoms with van der Waals surface area (Å²) in [4.78, 5) is 29.6. The van der Waals surface area contributed by atoms with Crippen LogP contribution in [0.1, 0.15) is 31.9 Å². The number of aliphatic hydroxyl groups is 1. The molecular weight excluding hydrogens is 416 g/mol. The van der Waals surface area contributed by atoms with E-state index in [1.54, 1.807) is 18.2 Å². The van der Waals surface area contributed by atoms with Crippen LogP contribution in [0, 0.1) is 5.92 Å². The topological polar surface area (TPSA) is 70.1 Å². The molecular formula is C24H27ClN2O4. The lowest BCUT2D eigenvalue weighted by atomic mass is 9.92. The monoisotopic (exact) mass is 442 g/mol. The first-order valence-electron chi connectivity index (χ1n) is 10.1. The fourth-order valence-electron chi connectivity index (χ4n) is 3.71. The molecule has 1 amide bonds. The van der Waals surface area contributed by atoms with Gasteiger partial charge in [-0.3, -0.25) is 14.5 Å². The maximum atomic E-state index is 13.1. The van der Waals surface area contributed by atoms with Gasteiger partial charge in [0.2, 0.25) is 0 Å². The third-order valence-electron chi connectivity index (χ3n) is 5.24. The molecule has 1 atom stereocenters. The van der Waals surface area contributed by atoms with Gasteiger partial charge in [-0.25, -0.2) is 0 Å². The minimum absolute atomic E-state index is 0.0872. The van der Waals surface area contributed by atoms with Crippen LogP contribution in [0.3, 0.4) is 0 Å². The van der Waals surface area contributed by atoms with E-state index in [2.05, 4.69) is 0 Å². The Morgan fingerprint density at radius 1 is 1.19 bits per heavy atom. The molecule has 3 rings (SSSR count). The summed E-state index contributed by atoms with van der Waals surface area (Å²) < 4.78 is 5.21. The summed E-state index contributed by atoms with van der Waals surface area (Å²) in [6, 6.07) is 11.8. The normalized spacial score (nSPS) is 16.3. The van der Waals surface area contributed by atoms with Gasteiger partial charge in [-0.2, -0.15) is 0 Å². The third-order valence-corrected chi connectivity index (χ3v) is 5.54. The Bertz CT molecular complexity index is 1030. The predicted octanol–water partition coefficient (Wildman–Crippen LogP) is 4.93. The first-order chi connectivity index (χ1) is 14.6. The van der Waals surface area contributed by atoms with Crippen molar-refractivity contribution in [2.75, 3.05) is 31.0 Å². The van der Waals surface area contributed by atoms with Crippen molar-refractivity contribution in [2.24, 2.45) is 5.92 Å². The zero-order valence-electron chi connectivity index (χ0n) is 18.3. The number of ether oxygens (including phenoxy) is 1. The van der Waals surface area contributed by atoms with Gasteiger partial charge in [0.15, 0.2) is 11.5 Å². The van der Waals surface area contributed by atoms with E-state index in [1.165, 1.54) is 12.0 Å². The number of rotatable bonds is 7. The number of Topliss-reactive ketones (excluding diaryl/α,β-unsaturated/α-hetero) is 1. The fourth-order valence-corrected chi connectivity index (χ4v) is 3.96. The van der Waals surface area contributed by atoms with Crippen LogP contribution in [-0.2, 0) is 9.59 Å². The van der Waals surface area contributed by atoms with Crippen molar-refractivity contribution >= 4 is 34.7 Å². The van der Waals surface area contributed by atoms with Crippen molar-refractivity contribution in [3.05, 3.63) is 64.4 Å². The third kappa shape index (κ3) is 4.39. The van der Waals surface area contributed by atoms with Crippen LogP contribution in [0.2, 0.25) is 5.02 Å². The SMILES string of the molecule is COc1ccc(N2C(=O)C(O)=C(C(=O)CC(C)C)C2c2ccc(N(C)C)cc2)cc1Cl. The number of hydrogen-bond donors (Lipinski definition) is 1. The number of benzene rings is 2. The van der Waals surface area contributed by atoms with Gasteiger partial charge in [-0.1, -0.05) is 37.6 Å². The lowest BCUT2D eigenvalue weighted by Crippen LogP contribution is -2.31. The molecule has 6 nitrogen and oxygen atoms in total. The number of ketones is 1. The molecule has 0 saturated heterocycles. The molecule has 1 N–H and O–H groups in total. The van der Waals surface area contributed by atoms with Gasteiger partial charge in [0, 0.05) is 31.9 Å². The Morgan fingerprint density at radius 3 is 2.35 bits per heavy atom. The number of carbonyl (C=O) groups is 2. The quantitative estimate of drug-likeness (QED) is 0.658. The van der Waals surface area contributed by atoms with E-state index in [0.717, 1.165) is 11.3 Å². The maximum Gasteiger partial charge on any atom is 0.294 e. The molecule has 2 aromatic rings. The molecule has 0 saturated carbocycles. The van der Waals surface area contributed by atoms with Crippen molar-refractivity contribution in [3.63, 3.8) is 0 Å². The minimum atomic E-state index is -0.751. The van der Waals surface area contributed by atoms with Gasteiger partial charge in [0.1, 0.15) is 5.75 Å². The van der Waals surface area contributed by atoms with Crippen LogP contribution in [0.15, 0.2) is 53.8 Å². The van der Waals surface area contributed by atoms with Gasteiger partial charge in [-0.15, -0.1) is 0 Å². The van der Waals surface area contributed by atoms with E-state index in [4.69, 9.17) is 16.3 Å². The van der Waals surface area contributed by atoms with Gasteiger partial charge in [-0.05, 0) is 41.8 Å². The number of nitrogens with zero attached hydrogens (tertiary/aromatic N) is 2. The van der Waals surface area contributed by atoms with E-state index in [1.807, 2.05) is 57.1 Å². The lowest BCUT2D eigenvalue weighted by Gasteiger charge is -2.28. The van der Waals surface area contributed by atoms with Crippen molar-refractivity contribution in [1.82, 2.24) is 0 Å². The highest BCUT2D eigenvalue weighted by Crippen LogP contribution is 2.43. The zero-order valence-corrected chi connectivity index (χ0v) is 19.1. The molecule has 0 spiro atoms. The van der Waals surface area contributed by atoms with Crippen LogP contribution in [0.4, 0.5) is 11.4 Å². The van der Waals surface area contributed by atoms with E-state index in [-0.39, 0.29) is 23.7 Å². The van der Waals surface area contributed by atoms with Crippen molar-refractivity contribution < 1.29 is 19.4 Å². The number of methoxy groups -OCH3 is 1. The number of aliphatic hydroxyl groups excluding tert-OH is 1. The van der Waals surface area contributed by atoms with Crippen LogP contribution in [0.5, 0.6) is 5.75 Å². The molecule has 0 bridgehead atoms. The number of halogens is 1. The molecule has 31 heavy (non-hydrogen) atoms. The van der Waals surface area contributed by atoms with Crippen LogP contribution in [-0.4, -0.2) is 38.0 Å². The second kappa shape index (κ2) is 9.02. The number of hydrogen-bond acceptors (Lipinski definition) is 5. The Balaban J connectivity index is 2.14. The van der Waals surface area contributed by atoms with E-state index in [0.29, 0.717) is 16.5 Å². The lowest BCUT2D eigenvalue weighted by molar-refractivity contribution is -0.118. The Hall–Kier alpha value is -2.99. The summed E-state index contributed by atoms with van der Waals surface area (Å²) in [5.41, 5.74) is 2.29. The summed E-state index contributed by atoms with van der Waals surface area (Å²) in [6.07, 6.45) is 0.232. The molecule has 0 aromatic heterocycles. The van der Waals surface area contributed by atoms with E-state index < -0.39 is 17.7 Å². The molecule has 0 radical (unpaired) electrons. The largest absolute Gasteiger partial charge is 0.503 e. The number of amides is 1. The Morgan fingerprint density at radius 2 is 1.84 bits per heavy atom. The standard InChI is InChI=1S/C24H27ClN2O4/c1-14(2)12-19(28)21-22(15-6-8-16(9-7-15)26(3)4)27(24(30)23(21)29)17-10-11-20(31-5)18(25)13-17/h6-11,13-14,22,29H,12H2,1-5H3. The molecule has 164 valence electrons. The molecule has 1 aliphatic rings. The molecule has 7 heteroatoms. The second-order valence-electron chi connectivity index (χ2n) is 8.17.